The van der Waals surface area contributed by atoms with Crippen LogP contribution in [0.1, 0.15) is 32.8 Å². The molecule has 0 spiro atoms. The number of carbonyl (C=O) groups excluding carboxylic acids is 1. The van der Waals surface area contributed by atoms with E-state index in [2.05, 4.69) is 31.0 Å². The standard InChI is InChI=1S/C15H25N3O/c1-4-12(3)18(5-2)11-15(19)17-14-9-7-6-8-13(14)10-16/h6-9,12H,4-5,10-11,16H2,1-3H3,(H,17,19). The summed E-state index contributed by atoms with van der Waals surface area (Å²) in [6.07, 6.45) is 1.04. The van der Waals surface area contributed by atoms with Crippen LogP contribution < -0.4 is 11.1 Å². The maximum Gasteiger partial charge on any atom is 0.238 e. The highest BCUT2D eigenvalue weighted by Crippen LogP contribution is 2.14. The highest BCUT2D eigenvalue weighted by atomic mass is 16.2. The number of anilines is 1. The van der Waals surface area contributed by atoms with Crippen LogP contribution in [0.4, 0.5) is 5.69 Å². The molecule has 106 valence electrons. The predicted octanol–water partition coefficient (Wildman–Crippen LogP) is 2.20. The van der Waals surface area contributed by atoms with Crippen LogP contribution in [0.2, 0.25) is 0 Å². The minimum atomic E-state index is 0.0167. The van der Waals surface area contributed by atoms with Gasteiger partial charge >= 0.3 is 0 Å². The summed E-state index contributed by atoms with van der Waals surface area (Å²) in [4.78, 5) is 14.2. The quantitative estimate of drug-likeness (QED) is 0.793. The Labute approximate surface area is 116 Å². The summed E-state index contributed by atoms with van der Waals surface area (Å²) >= 11 is 0. The lowest BCUT2D eigenvalue weighted by Gasteiger charge is -2.26. The van der Waals surface area contributed by atoms with Crippen LogP contribution in [0.15, 0.2) is 24.3 Å². The van der Waals surface area contributed by atoms with Gasteiger partial charge in [0.25, 0.3) is 0 Å². The Bertz CT molecular complexity index is 406. The van der Waals surface area contributed by atoms with Crippen molar-refractivity contribution in [1.82, 2.24) is 4.90 Å². The molecule has 1 amide bonds. The molecule has 3 N–H and O–H groups in total. The van der Waals surface area contributed by atoms with Crippen LogP contribution >= 0.6 is 0 Å². The first-order valence-electron chi connectivity index (χ1n) is 6.94. The summed E-state index contributed by atoms with van der Waals surface area (Å²) in [6, 6.07) is 8.07. The molecule has 0 aliphatic carbocycles. The topological polar surface area (TPSA) is 58.4 Å². The second-order valence-electron chi connectivity index (χ2n) is 4.73. The molecule has 0 aromatic heterocycles. The number of rotatable bonds is 7. The molecule has 0 radical (unpaired) electrons. The molecule has 0 saturated carbocycles. The van der Waals surface area contributed by atoms with E-state index in [1.807, 2.05) is 24.3 Å². The Balaban J connectivity index is 2.64. The first kappa shape index (κ1) is 15.7. The lowest BCUT2D eigenvalue weighted by molar-refractivity contribution is -0.117. The van der Waals surface area contributed by atoms with E-state index in [0.29, 0.717) is 19.1 Å². The van der Waals surface area contributed by atoms with Crippen molar-refractivity contribution in [1.29, 1.82) is 0 Å². The Hall–Kier alpha value is -1.39. The molecule has 1 aromatic carbocycles. The summed E-state index contributed by atoms with van der Waals surface area (Å²) in [5, 5.41) is 2.94. The molecular weight excluding hydrogens is 238 g/mol. The molecule has 4 heteroatoms. The number of hydrogen-bond acceptors (Lipinski definition) is 3. The molecule has 19 heavy (non-hydrogen) atoms. The van der Waals surface area contributed by atoms with Gasteiger partial charge in [0.1, 0.15) is 0 Å². The van der Waals surface area contributed by atoms with Gasteiger partial charge in [0.2, 0.25) is 5.91 Å². The molecule has 0 bridgehead atoms. The van der Waals surface area contributed by atoms with Gasteiger partial charge in [0.05, 0.1) is 6.54 Å². The molecule has 1 rings (SSSR count). The minimum absolute atomic E-state index is 0.0167. The highest BCUT2D eigenvalue weighted by molar-refractivity contribution is 5.93. The zero-order valence-electron chi connectivity index (χ0n) is 12.1. The second-order valence-corrected chi connectivity index (χ2v) is 4.73. The van der Waals surface area contributed by atoms with E-state index >= 15 is 0 Å². The van der Waals surface area contributed by atoms with Crippen LogP contribution in [0.25, 0.3) is 0 Å². The van der Waals surface area contributed by atoms with Crippen molar-refractivity contribution < 1.29 is 4.79 Å². The fraction of sp³-hybridized carbons (Fsp3) is 0.533. The monoisotopic (exact) mass is 263 g/mol. The van der Waals surface area contributed by atoms with Crippen molar-refractivity contribution in [2.75, 3.05) is 18.4 Å². The number of carbonyl (C=O) groups is 1. The highest BCUT2D eigenvalue weighted by Gasteiger charge is 2.14. The Morgan fingerprint density at radius 2 is 2.05 bits per heavy atom. The number of hydrogen-bond donors (Lipinski definition) is 2. The van der Waals surface area contributed by atoms with E-state index in [-0.39, 0.29) is 5.91 Å². The SMILES string of the molecule is CCC(C)N(CC)CC(=O)Nc1ccccc1CN. The minimum Gasteiger partial charge on any atom is -0.326 e. The van der Waals surface area contributed by atoms with Gasteiger partial charge in [0.15, 0.2) is 0 Å². The fourth-order valence-electron chi connectivity index (χ4n) is 2.03. The maximum atomic E-state index is 12.1. The van der Waals surface area contributed by atoms with Crippen LogP contribution in [-0.2, 0) is 11.3 Å². The zero-order chi connectivity index (χ0) is 14.3. The van der Waals surface area contributed by atoms with Crippen molar-refractivity contribution in [3.63, 3.8) is 0 Å². The molecular formula is C15H25N3O. The second kappa shape index (κ2) is 7.92. The number of nitrogens with one attached hydrogen (secondary N) is 1. The van der Waals surface area contributed by atoms with Gasteiger partial charge in [-0.15, -0.1) is 0 Å². The van der Waals surface area contributed by atoms with Crippen molar-refractivity contribution in [2.24, 2.45) is 5.73 Å². The van der Waals surface area contributed by atoms with E-state index in [9.17, 15) is 4.79 Å². The number of nitrogens with two attached hydrogens (primary N) is 1. The number of nitrogens with zero attached hydrogens (tertiary/aromatic N) is 1. The Kier molecular flexibility index (Phi) is 6.53. The molecule has 1 atom stereocenters. The van der Waals surface area contributed by atoms with Crippen LogP contribution in [0, 0.1) is 0 Å². The number of benzene rings is 1. The summed E-state index contributed by atoms with van der Waals surface area (Å²) in [6.45, 7) is 8.08. The summed E-state index contributed by atoms with van der Waals surface area (Å²) in [5.41, 5.74) is 7.44. The predicted molar refractivity (Wildman–Crippen MR) is 80.0 cm³/mol. The van der Waals surface area contributed by atoms with E-state index in [4.69, 9.17) is 5.73 Å². The van der Waals surface area contributed by atoms with E-state index in [1.165, 1.54) is 0 Å². The molecule has 1 unspecified atom stereocenters. The van der Waals surface area contributed by atoms with Crippen LogP contribution in [0.5, 0.6) is 0 Å². The lowest BCUT2D eigenvalue weighted by atomic mass is 10.1. The van der Waals surface area contributed by atoms with Gasteiger partial charge < -0.3 is 11.1 Å². The number of para-hydroxylation sites is 1. The van der Waals surface area contributed by atoms with Gasteiger partial charge in [-0.3, -0.25) is 9.69 Å². The van der Waals surface area contributed by atoms with Crippen LogP contribution in [-0.4, -0.2) is 29.9 Å². The third-order valence-corrected chi connectivity index (χ3v) is 3.48. The van der Waals surface area contributed by atoms with Gasteiger partial charge in [0, 0.05) is 18.3 Å². The molecule has 0 heterocycles. The molecule has 1 aromatic rings. The van der Waals surface area contributed by atoms with Crippen molar-refractivity contribution in [3.8, 4) is 0 Å². The van der Waals surface area contributed by atoms with Gasteiger partial charge in [-0.05, 0) is 31.5 Å². The van der Waals surface area contributed by atoms with Crippen molar-refractivity contribution in [3.05, 3.63) is 29.8 Å². The first-order chi connectivity index (χ1) is 9.12. The smallest absolute Gasteiger partial charge is 0.238 e. The summed E-state index contributed by atoms with van der Waals surface area (Å²) in [7, 11) is 0. The van der Waals surface area contributed by atoms with E-state index in [0.717, 1.165) is 24.2 Å². The molecule has 0 aliphatic rings. The number of amides is 1. The van der Waals surface area contributed by atoms with Gasteiger partial charge in [-0.1, -0.05) is 32.0 Å². The average molecular weight is 263 g/mol. The molecule has 0 saturated heterocycles. The third kappa shape index (κ3) is 4.65. The summed E-state index contributed by atoms with van der Waals surface area (Å²) < 4.78 is 0. The lowest BCUT2D eigenvalue weighted by Crippen LogP contribution is -2.39. The van der Waals surface area contributed by atoms with E-state index in [1.54, 1.807) is 0 Å². The number of likely N-dealkylation sites (N-methyl/N-ethyl adjacent to an activating group) is 1. The largest absolute Gasteiger partial charge is 0.326 e. The Morgan fingerprint density at radius 3 is 2.63 bits per heavy atom. The van der Waals surface area contributed by atoms with Crippen molar-refractivity contribution in [2.45, 2.75) is 39.8 Å². The van der Waals surface area contributed by atoms with Gasteiger partial charge in [-0.25, -0.2) is 0 Å². The maximum absolute atomic E-state index is 12.1. The first-order valence-corrected chi connectivity index (χ1v) is 6.94. The van der Waals surface area contributed by atoms with E-state index < -0.39 is 0 Å². The normalized spacial score (nSPS) is 12.5. The van der Waals surface area contributed by atoms with Crippen molar-refractivity contribution >= 4 is 11.6 Å². The third-order valence-electron chi connectivity index (χ3n) is 3.48. The molecule has 0 fully saturated rings. The molecule has 0 aliphatic heterocycles. The fourth-order valence-corrected chi connectivity index (χ4v) is 2.03. The molecule has 4 nitrogen and oxygen atoms in total. The van der Waals surface area contributed by atoms with Crippen LogP contribution in [0.3, 0.4) is 0 Å². The zero-order valence-corrected chi connectivity index (χ0v) is 12.1. The Morgan fingerprint density at radius 1 is 1.37 bits per heavy atom. The average Bonchev–Trinajstić information content (AvgIpc) is 2.44. The summed E-state index contributed by atoms with van der Waals surface area (Å²) in [5.74, 6) is 0.0167. The van der Waals surface area contributed by atoms with Gasteiger partial charge in [-0.2, -0.15) is 0 Å².